The molecular formula is C13H14ClN3O2S. The van der Waals surface area contributed by atoms with Crippen LogP contribution in [0.1, 0.15) is 13.8 Å². The Morgan fingerprint density at radius 3 is 2.85 bits per heavy atom. The molecule has 106 valence electrons. The van der Waals surface area contributed by atoms with Crippen LogP contribution >= 0.6 is 23.4 Å². The van der Waals surface area contributed by atoms with Crippen molar-refractivity contribution >= 4 is 51.7 Å². The number of thioether (sulfide) groups is 1. The fourth-order valence-corrected chi connectivity index (χ4v) is 2.31. The van der Waals surface area contributed by atoms with Gasteiger partial charge in [-0.05, 0) is 18.2 Å². The Labute approximate surface area is 126 Å². The molecule has 0 spiro atoms. The predicted octanol–water partition coefficient (Wildman–Crippen LogP) is 2.79. The summed E-state index contributed by atoms with van der Waals surface area (Å²) in [6.07, 6.45) is 0. The number of amides is 2. The first-order valence-corrected chi connectivity index (χ1v) is 7.44. The van der Waals surface area contributed by atoms with Gasteiger partial charge in [-0.15, -0.1) is 0 Å². The van der Waals surface area contributed by atoms with Gasteiger partial charge in [0.2, 0.25) is 11.8 Å². The van der Waals surface area contributed by atoms with Gasteiger partial charge < -0.3 is 10.6 Å². The Morgan fingerprint density at radius 2 is 2.25 bits per heavy atom. The van der Waals surface area contributed by atoms with Crippen molar-refractivity contribution in [3.05, 3.63) is 23.2 Å². The third kappa shape index (κ3) is 3.74. The number of aliphatic imine (C=N–C) groups is 1. The lowest BCUT2D eigenvalue weighted by Gasteiger charge is -2.09. The van der Waals surface area contributed by atoms with Crippen molar-refractivity contribution in [1.82, 2.24) is 5.32 Å². The Balaban J connectivity index is 2.21. The Morgan fingerprint density at radius 1 is 1.50 bits per heavy atom. The molecule has 1 aromatic carbocycles. The van der Waals surface area contributed by atoms with E-state index in [1.165, 1.54) is 11.8 Å². The van der Waals surface area contributed by atoms with Gasteiger partial charge in [-0.3, -0.25) is 9.59 Å². The average molecular weight is 312 g/mol. The van der Waals surface area contributed by atoms with Gasteiger partial charge in [-0.25, -0.2) is 4.99 Å². The lowest BCUT2D eigenvalue weighted by molar-refractivity contribution is -0.119. The van der Waals surface area contributed by atoms with E-state index in [4.69, 9.17) is 11.6 Å². The summed E-state index contributed by atoms with van der Waals surface area (Å²) in [5.41, 5.74) is 1.14. The van der Waals surface area contributed by atoms with Gasteiger partial charge >= 0.3 is 0 Å². The molecule has 1 heterocycles. The van der Waals surface area contributed by atoms with Crippen molar-refractivity contribution in [2.24, 2.45) is 10.9 Å². The van der Waals surface area contributed by atoms with E-state index in [0.29, 0.717) is 27.3 Å². The summed E-state index contributed by atoms with van der Waals surface area (Å²) in [5, 5.41) is 6.40. The quantitative estimate of drug-likeness (QED) is 0.901. The Bertz CT molecular complexity index is 587. The highest BCUT2D eigenvalue weighted by molar-refractivity contribution is 8.15. The van der Waals surface area contributed by atoms with Gasteiger partial charge in [0, 0.05) is 11.6 Å². The Kier molecular flexibility index (Phi) is 4.67. The van der Waals surface area contributed by atoms with E-state index in [1.807, 2.05) is 13.8 Å². The molecular weight excluding hydrogens is 298 g/mol. The first-order chi connectivity index (χ1) is 9.45. The van der Waals surface area contributed by atoms with Gasteiger partial charge in [0.25, 0.3) is 0 Å². The number of halogens is 1. The normalized spacial score (nSPS) is 16.6. The van der Waals surface area contributed by atoms with E-state index >= 15 is 0 Å². The lowest BCUT2D eigenvalue weighted by Crippen LogP contribution is -2.19. The number of carbonyl (C=O) groups excluding carboxylic acids is 2. The zero-order valence-corrected chi connectivity index (χ0v) is 12.6. The summed E-state index contributed by atoms with van der Waals surface area (Å²) >= 11 is 7.39. The SMILES string of the molecule is CC(C)C(=O)Nc1ccc(Cl)c(N=C2NC(=O)CS2)c1. The topological polar surface area (TPSA) is 70.6 Å². The van der Waals surface area contributed by atoms with E-state index in [-0.39, 0.29) is 17.7 Å². The van der Waals surface area contributed by atoms with E-state index in [0.717, 1.165) is 0 Å². The largest absolute Gasteiger partial charge is 0.326 e. The molecule has 1 aliphatic heterocycles. The van der Waals surface area contributed by atoms with Crippen LogP contribution in [-0.4, -0.2) is 22.7 Å². The molecule has 2 rings (SSSR count). The summed E-state index contributed by atoms with van der Waals surface area (Å²) < 4.78 is 0. The molecule has 2 N–H and O–H groups in total. The molecule has 0 bridgehead atoms. The van der Waals surface area contributed by atoms with Crippen LogP contribution in [0.5, 0.6) is 0 Å². The highest BCUT2D eigenvalue weighted by Gasteiger charge is 2.17. The van der Waals surface area contributed by atoms with E-state index < -0.39 is 0 Å². The molecule has 7 heteroatoms. The second-order valence-electron chi connectivity index (χ2n) is 4.56. The first kappa shape index (κ1) is 14.9. The maximum absolute atomic E-state index is 11.7. The molecule has 0 atom stereocenters. The van der Waals surface area contributed by atoms with Crippen LogP contribution in [0.25, 0.3) is 0 Å². The summed E-state index contributed by atoms with van der Waals surface area (Å²) in [5.74, 6) is 0.106. The first-order valence-electron chi connectivity index (χ1n) is 6.07. The molecule has 0 aromatic heterocycles. The van der Waals surface area contributed by atoms with Gasteiger partial charge in [0.1, 0.15) is 0 Å². The van der Waals surface area contributed by atoms with E-state index in [9.17, 15) is 9.59 Å². The van der Waals surface area contributed by atoms with Crippen LogP contribution in [-0.2, 0) is 9.59 Å². The number of hydrogen-bond donors (Lipinski definition) is 2. The van der Waals surface area contributed by atoms with Gasteiger partial charge in [0.05, 0.1) is 16.5 Å². The van der Waals surface area contributed by atoms with Crippen LogP contribution in [0.2, 0.25) is 5.02 Å². The minimum Gasteiger partial charge on any atom is -0.326 e. The smallest absolute Gasteiger partial charge is 0.236 e. The standard InChI is InChI=1S/C13H14ClN3O2S/c1-7(2)12(19)15-8-3-4-9(14)10(5-8)16-13-17-11(18)6-20-13/h3-5,7H,6H2,1-2H3,(H,15,19)(H,16,17,18). The number of anilines is 1. The Hall–Kier alpha value is -1.53. The predicted molar refractivity (Wildman–Crippen MR) is 82.6 cm³/mol. The van der Waals surface area contributed by atoms with Crippen LogP contribution in [0.15, 0.2) is 23.2 Å². The summed E-state index contributed by atoms with van der Waals surface area (Å²) in [7, 11) is 0. The third-order valence-corrected chi connectivity index (χ3v) is 3.74. The second kappa shape index (κ2) is 6.28. The minimum atomic E-state index is -0.106. The fraction of sp³-hybridized carbons (Fsp3) is 0.308. The molecule has 5 nitrogen and oxygen atoms in total. The zero-order chi connectivity index (χ0) is 14.7. The number of rotatable bonds is 3. The van der Waals surface area contributed by atoms with E-state index in [2.05, 4.69) is 15.6 Å². The highest BCUT2D eigenvalue weighted by atomic mass is 35.5. The second-order valence-corrected chi connectivity index (χ2v) is 5.94. The molecule has 0 saturated carbocycles. The van der Waals surface area contributed by atoms with Crippen molar-refractivity contribution < 1.29 is 9.59 Å². The number of amidine groups is 1. The van der Waals surface area contributed by atoms with Crippen LogP contribution in [0.4, 0.5) is 11.4 Å². The van der Waals surface area contributed by atoms with Gasteiger partial charge in [-0.2, -0.15) is 0 Å². The van der Waals surface area contributed by atoms with Crippen LogP contribution in [0, 0.1) is 5.92 Å². The molecule has 1 fully saturated rings. The van der Waals surface area contributed by atoms with Crippen molar-refractivity contribution in [1.29, 1.82) is 0 Å². The molecule has 0 unspecified atom stereocenters. The molecule has 2 amide bonds. The molecule has 1 saturated heterocycles. The van der Waals surface area contributed by atoms with Crippen molar-refractivity contribution in [3.63, 3.8) is 0 Å². The third-order valence-electron chi connectivity index (χ3n) is 2.55. The lowest BCUT2D eigenvalue weighted by atomic mass is 10.2. The summed E-state index contributed by atoms with van der Waals surface area (Å²) in [6, 6.07) is 5.06. The minimum absolute atomic E-state index is 0.0746. The van der Waals surface area contributed by atoms with Crippen molar-refractivity contribution in [2.45, 2.75) is 13.8 Å². The molecule has 20 heavy (non-hydrogen) atoms. The summed E-state index contributed by atoms with van der Waals surface area (Å²) in [4.78, 5) is 27.1. The van der Waals surface area contributed by atoms with Gasteiger partial charge in [0.15, 0.2) is 5.17 Å². The number of carbonyl (C=O) groups is 2. The van der Waals surface area contributed by atoms with Crippen LogP contribution in [0.3, 0.4) is 0 Å². The maximum atomic E-state index is 11.7. The zero-order valence-electron chi connectivity index (χ0n) is 11.1. The molecule has 0 aliphatic carbocycles. The summed E-state index contributed by atoms with van der Waals surface area (Å²) in [6.45, 7) is 3.63. The number of nitrogens with zero attached hydrogens (tertiary/aromatic N) is 1. The molecule has 1 aromatic rings. The average Bonchev–Trinajstić information content (AvgIpc) is 2.79. The number of hydrogen-bond acceptors (Lipinski definition) is 4. The molecule has 0 radical (unpaired) electrons. The highest BCUT2D eigenvalue weighted by Crippen LogP contribution is 2.29. The number of benzene rings is 1. The van der Waals surface area contributed by atoms with E-state index in [1.54, 1.807) is 18.2 Å². The maximum Gasteiger partial charge on any atom is 0.236 e. The molecule has 1 aliphatic rings. The fourth-order valence-electron chi connectivity index (χ4n) is 1.46. The van der Waals surface area contributed by atoms with Crippen molar-refractivity contribution in [3.8, 4) is 0 Å². The monoisotopic (exact) mass is 311 g/mol. The van der Waals surface area contributed by atoms with Crippen molar-refractivity contribution in [2.75, 3.05) is 11.1 Å². The van der Waals surface area contributed by atoms with Gasteiger partial charge in [-0.1, -0.05) is 37.2 Å². The number of nitrogens with one attached hydrogen (secondary N) is 2. The van der Waals surface area contributed by atoms with Crippen LogP contribution < -0.4 is 10.6 Å².